The van der Waals surface area contributed by atoms with Crippen LogP contribution in [0.5, 0.6) is 0 Å². The van der Waals surface area contributed by atoms with Crippen molar-refractivity contribution in [1.29, 1.82) is 0 Å². The maximum atomic E-state index is 6.62. The highest BCUT2D eigenvalue weighted by atomic mass is 31.2. The van der Waals surface area contributed by atoms with Crippen LogP contribution in [0.15, 0.2) is 50.6 Å². The monoisotopic (exact) mass is 269 g/mol. The maximum Gasteiger partial charge on any atom is 0.0535 e. The van der Waals surface area contributed by atoms with Crippen molar-refractivity contribution in [3.63, 3.8) is 0 Å². The summed E-state index contributed by atoms with van der Waals surface area (Å²) in [6.45, 7) is 17.5. The van der Waals surface area contributed by atoms with Crippen molar-refractivity contribution in [2.24, 2.45) is 5.73 Å². The molecule has 0 saturated carbocycles. The molecule has 0 saturated heterocycles. The van der Waals surface area contributed by atoms with Gasteiger partial charge in [-0.25, -0.2) is 0 Å². The van der Waals surface area contributed by atoms with Crippen LogP contribution >= 0.6 is 15.8 Å². The molecule has 0 aromatic carbocycles. The minimum absolute atomic E-state index is 0.116. The van der Waals surface area contributed by atoms with Crippen molar-refractivity contribution in [2.75, 3.05) is 24.6 Å². The molecule has 0 radical (unpaired) electrons. The Morgan fingerprint density at radius 3 is 1.24 bits per heavy atom. The lowest BCUT2D eigenvalue weighted by atomic mass is 10.7. The maximum absolute atomic E-state index is 6.62. The van der Waals surface area contributed by atoms with Gasteiger partial charge < -0.3 is 5.73 Å². The summed E-state index contributed by atoms with van der Waals surface area (Å²) in [4.78, 5) is 0. The molecular weight excluding hydrogens is 244 g/mol. The Hall–Kier alpha value is -0.220. The molecule has 0 aliphatic heterocycles. The van der Waals surface area contributed by atoms with E-state index in [1.165, 1.54) is 0 Å². The van der Waals surface area contributed by atoms with Crippen molar-refractivity contribution < 1.29 is 0 Å². The summed E-state index contributed by atoms with van der Waals surface area (Å²) >= 11 is 0. The highest BCUT2D eigenvalue weighted by Crippen LogP contribution is 2.63. The van der Waals surface area contributed by atoms with E-state index in [2.05, 4.69) is 33.2 Å². The van der Waals surface area contributed by atoms with Gasteiger partial charge in [0, 0.05) is 0 Å². The van der Waals surface area contributed by atoms with Gasteiger partial charge in [0.2, 0.25) is 0 Å². The fourth-order valence-corrected chi connectivity index (χ4v) is 7.31. The first-order valence-electron chi connectivity index (χ1n) is 5.77. The Bertz CT molecular complexity index is 225. The van der Waals surface area contributed by atoms with E-state index in [-0.39, 0.29) is 20.9 Å². The molecule has 17 heavy (non-hydrogen) atoms. The molecule has 0 aromatic rings. The number of rotatable bonds is 10. The quantitative estimate of drug-likeness (QED) is 0.463. The third-order valence-electron chi connectivity index (χ3n) is 2.68. The Kier molecular flexibility index (Phi) is 8.70. The lowest BCUT2D eigenvalue weighted by Gasteiger charge is -2.40. The molecule has 0 heterocycles. The largest absolute Gasteiger partial charge is 0.318 e. The number of hydrogen-bond donors (Lipinski definition) is 1. The molecule has 0 aliphatic carbocycles. The Morgan fingerprint density at radius 1 is 0.824 bits per heavy atom. The summed E-state index contributed by atoms with van der Waals surface area (Å²) in [7, 11) is -0.583. The van der Waals surface area contributed by atoms with E-state index in [1.807, 2.05) is 24.3 Å². The van der Waals surface area contributed by atoms with E-state index < -0.39 is 0 Å². The predicted octanol–water partition coefficient (Wildman–Crippen LogP) is 4.33. The van der Waals surface area contributed by atoms with Gasteiger partial charge in [-0.1, -0.05) is 40.1 Å². The summed E-state index contributed by atoms with van der Waals surface area (Å²) in [6.07, 6.45) is 11.9. The molecule has 0 spiro atoms. The Labute approximate surface area is 109 Å². The predicted molar refractivity (Wildman–Crippen MR) is 86.7 cm³/mol. The van der Waals surface area contributed by atoms with Gasteiger partial charge in [0.1, 0.15) is 0 Å². The molecule has 0 aliphatic rings. The molecule has 3 heteroatoms. The van der Waals surface area contributed by atoms with Gasteiger partial charge in [-0.2, -0.15) is 0 Å². The summed E-state index contributed by atoms with van der Waals surface area (Å²) in [5, 5.41) is -0.116. The standard InChI is InChI=1S/C14H25NP2/c1-6-10-16(11-7-2)14(5,15)17(12-8-3)13-9-4/h6-9H,1-4,10-13,15H2,5H3. The lowest BCUT2D eigenvalue weighted by molar-refractivity contribution is 0.920. The minimum atomic E-state index is -0.292. The van der Waals surface area contributed by atoms with E-state index in [9.17, 15) is 0 Å². The average molecular weight is 269 g/mol. The summed E-state index contributed by atoms with van der Waals surface area (Å²) in [6, 6.07) is 0. The first-order valence-corrected chi connectivity index (χ1v) is 9.19. The molecule has 0 amide bonds. The van der Waals surface area contributed by atoms with E-state index >= 15 is 0 Å². The molecule has 2 N–H and O–H groups in total. The zero-order chi connectivity index (χ0) is 13.3. The first kappa shape index (κ1) is 16.8. The Morgan fingerprint density at radius 2 is 1.06 bits per heavy atom. The van der Waals surface area contributed by atoms with Gasteiger partial charge >= 0.3 is 0 Å². The summed E-state index contributed by atoms with van der Waals surface area (Å²) in [5.74, 6) is 0. The number of hydrogen-bond acceptors (Lipinski definition) is 1. The second kappa shape index (κ2) is 8.81. The van der Waals surface area contributed by atoms with Crippen molar-refractivity contribution in [3.05, 3.63) is 50.6 Å². The highest BCUT2D eigenvalue weighted by molar-refractivity contribution is 7.77. The molecule has 0 atom stereocenters. The molecule has 0 fully saturated rings. The first-order chi connectivity index (χ1) is 8.04. The third-order valence-corrected chi connectivity index (χ3v) is 9.73. The van der Waals surface area contributed by atoms with Crippen molar-refractivity contribution >= 4 is 15.8 Å². The van der Waals surface area contributed by atoms with Gasteiger partial charge in [0.25, 0.3) is 0 Å². The van der Waals surface area contributed by atoms with Crippen LogP contribution in [-0.2, 0) is 0 Å². The molecular formula is C14H25NP2. The van der Waals surface area contributed by atoms with Crippen LogP contribution in [0.3, 0.4) is 0 Å². The van der Waals surface area contributed by atoms with Gasteiger partial charge in [-0.05, 0) is 31.6 Å². The van der Waals surface area contributed by atoms with Crippen molar-refractivity contribution in [3.8, 4) is 0 Å². The second-order valence-electron chi connectivity index (χ2n) is 4.06. The van der Waals surface area contributed by atoms with Crippen molar-refractivity contribution in [1.82, 2.24) is 0 Å². The van der Waals surface area contributed by atoms with Gasteiger partial charge in [0.15, 0.2) is 0 Å². The molecule has 0 rings (SSSR count). The molecule has 96 valence electrons. The number of nitrogens with two attached hydrogens (primary N) is 1. The van der Waals surface area contributed by atoms with Gasteiger partial charge in [-0.3, -0.25) is 0 Å². The lowest BCUT2D eigenvalue weighted by Crippen LogP contribution is -2.34. The highest BCUT2D eigenvalue weighted by Gasteiger charge is 2.34. The van der Waals surface area contributed by atoms with Crippen LogP contribution in [0, 0.1) is 0 Å². The number of allylic oxidation sites excluding steroid dienone is 4. The Balaban J connectivity index is 4.94. The van der Waals surface area contributed by atoms with Crippen LogP contribution in [0.4, 0.5) is 0 Å². The van der Waals surface area contributed by atoms with E-state index in [0.29, 0.717) is 0 Å². The smallest absolute Gasteiger partial charge is 0.0535 e. The second-order valence-corrected chi connectivity index (χ2v) is 9.89. The minimum Gasteiger partial charge on any atom is -0.318 e. The third kappa shape index (κ3) is 5.30. The van der Waals surface area contributed by atoms with E-state index in [4.69, 9.17) is 5.73 Å². The van der Waals surface area contributed by atoms with Crippen LogP contribution in [-0.4, -0.2) is 29.7 Å². The summed E-state index contributed by atoms with van der Waals surface area (Å²) < 4.78 is 0. The molecule has 1 nitrogen and oxygen atoms in total. The normalized spacial score (nSPS) is 11.5. The van der Waals surface area contributed by atoms with E-state index in [0.717, 1.165) is 24.6 Å². The zero-order valence-electron chi connectivity index (χ0n) is 10.9. The topological polar surface area (TPSA) is 26.0 Å². The fraction of sp³-hybridized carbons (Fsp3) is 0.429. The molecule has 0 unspecified atom stereocenters. The van der Waals surface area contributed by atoms with Crippen LogP contribution in [0.1, 0.15) is 6.92 Å². The van der Waals surface area contributed by atoms with Crippen LogP contribution in [0.2, 0.25) is 0 Å². The zero-order valence-corrected chi connectivity index (χ0v) is 12.7. The van der Waals surface area contributed by atoms with Gasteiger partial charge in [-0.15, -0.1) is 26.3 Å². The van der Waals surface area contributed by atoms with E-state index in [1.54, 1.807) is 0 Å². The SMILES string of the molecule is C=CCP(CC=C)C(C)(N)P(CC=C)CC=C. The molecule has 0 aromatic heterocycles. The van der Waals surface area contributed by atoms with Crippen molar-refractivity contribution in [2.45, 2.75) is 11.9 Å². The molecule has 0 bridgehead atoms. The average Bonchev–Trinajstić information content (AvgIpc) is 2.28. The van der Waals surface area contributed by atoms with Crippen LogP contribution < -0.4 is 5.73 Å². The van der Waals surface area contributed by atoms with Gasteiger partial charge in [0.05, 0.1) is 5.02 Å². The fourth-order valence-electron chi connectivity index (χ4n) is 1.71. The van der Waals surface area contributed by atoms with Crippen LogP contribution in [0.25, 0.3) is 0 Å². The summed E-state index contributed by atoms with van der Waals surface area (Å²) in [5.41, 5.74) is 6.62.